The molecule has 0 radical (unpaired) electrons. The molecule has 1 saturated heterocycles. The van der Waals surface area contributed by atoms with Crippen LogP contribution in [0.4, 0.5) is 5.69 Å². The molecule has 6 nitrogen and oxygen atoms in total. The van der Waals surface area contributed by atoms with Gasteiger partial charge in [0.25, 0.3) is 0 Å². The van der Waals surface area contributed by atoms with Crippen LogP contribution in [-0.2, 0) is 6.42 Å². The van der Waals surface area contributed by atoms with Crippen LogP contribution >= 0.6 is 11.6 Å². The second kappa shape index (κ2) is 10.2. The first-order chi connectivity index (χ1) is 15.1. The maximum Gasteiger partial charge on any atom is 0.249 e. The molecular formula is C24H29ClN4O2. The summed E-state index contributed by atoms with van der Waals surface area (Å²) in [5.41, 5.74) is 2.79. The van der Waals surface area contributed by atoms with E-state index >= 15 is 0 Å². The Labute approximate surface area is 187 Å². The lowest BCUT2D eigenvalue weighted by Crippen LogP contribution is -2.46. The zero-order valence-corrected chi connectivity index (χ0v) is 18.7. The average molecular weight is 441 g/mol. The summed E-state index contributed by atoms with van der Waals surface area (Å²) in [6.45, 7) is 7.93. The van der Waals surface area contributed by atoms with Crippen LogP contribution in [0.3, 0.4) is 0 Å². The molecule has 0 spiro atoms. The summed E-state index contributed by atoms with van der Waals surface area (Å²) >= 11 is 6.60. The Bertz CT molecular complexity index is 1080. The first-order valence-electron chi connectivity index (χ1n) is 11.0. The minimum Gasteiger partial charge on any atom is -0.478 e. The molecule has 1 N–H and O–H groups in total. The van der Waals surface area contributed by atoms with E-state index < -0.39 is 0 Å². The summed E-state index contributed by atoms with van der Waals surface area (Å²) in [7, 11) is 0. The molecule has 0 aliphatic carbocycles. The molecule has 3 aromatic rings. The number of nitrogens with one attached hydrogen (secondary N) is 1. The summed E-state index contributed by atoms with van der Waals surface area (Å²) in [6, 6.07) is 13.4. The first-order valence-corrected chi connectivity index (χ1v) is 11.4. The van der Waals surface area contributed by atoms with Gasteiger partial charge in [0, 0.05) is 43.7 Å². The zero-order chi connectivity index (χ0) is 21.6. The van der Waals surface area contributed by atoms with E-state index in [0.29, 0.717) is 18.1 Å². The molecule has 0 unspecified atom stereocenters. The summed E-state index contributed by atoms with van der Waals surface area (Å²) in [5.74, 6) is 0.550. The first kappa shape index (κ1) is 21.7. The van der Waals surface area contributed by atoms with Gasteiger partial charge in [-0.3, -0.25) is 9.69 Å². The molecular weight excluding hydrogens is 412 g/mol. The molecule has 1 aliphatic heterocycles. The normalized spacial score (nSPS) is 14.8. The Morgan fingerprint density at radius 2 is 1.87 bits per heavy atom. The number of aryl methyl sites for hydroxylation is 1. The van der Waals surface area contributed by atoms with Crippen molar-refractivity contribution in [1.82, 2.24) is 14.9 Å². The van der Waals surface area contributed by atoms with E-state index in [9.17, 15) is 4.79 Å². The number of rotatable bonds is 8. The van der Waals surface area contributed by atoms with Gasteiger partial charge >= 0.3 is 0 Å². The number of aromatic amines is 1. The summed E-state index contributed by atoms with van der Waals surface area (Å²) < 4.78 is 5.78. The van der Waals surface area contributed by atoms with E-state index in [1.54, 1.807) is 6.07 Å². The third-order valence-electron chi connectivity index (χ3n) is 5.83. The second-order valence-electron chi connectivity index (χ2n) is 7.90. The van der Waals surface area contributed by atoms with Crippen LogP contribution in [0.5, 0.6) is 5.88 Å². The summed E-state index contributed by atoms with van der Waals surface area (Å²) in [6.07, 6.45) is 3.01. The number of hydrogen-bond donors (Lipinski definition) is 1. The highest BCUT2D eigenvalue weighted by atomic mass is 35.5. The van der Waals surface area contributed by atoms with Gasteiger partial charge in [-0.15, -0.1) is 0 Å². The minimum absolute atomic E-state index is 0.155. The maximum absolute atomic E-state index is 11.4. The third kappa shape index (κ3) is 5.38. The van der Waals surface area contributed by atoms with Crippen molar-refractivity contribution in [2.24, 2.45) is 0 Å². The Kier molecular flexibility index (Phi) is 7.10. The molecule has 164 valence electrons. The van der Waals surface area contributed by atoms with Crippen molar-refractivity contribution >= 4 is 28.3 Å². The van der Waals surface area contributed by atoms with Gasteiger partial charge < -0.3 is 14.6 Å². The molecule has 31 heavy (non-hydrogen) atoms. The van der Waals surface area contributed by atoms with Crippen LogP contribution in [0.2, 0.25) is 5.02 Å². The number of ether oxygens (including phenoxy) is 1. The monoisotopic (exact) mass is 440 g/mol. The zero-order valence-electron chi connectivity index (χ0n) is 17.9. The molecule has 3 heterocycles. The van der Waals surface area contributed by atoms with Gasteiger partial charge in [-0.1, -0.05) is 30.7 Å². The molecule has 0 atom stereocenters. The number of fused-ring (bicyclic) bond motifs is 1. The molecule has 1 fully saturated rings. The predicted molar refractivity (Wildman–Crippen MR) is 127 cm³/mol. The van der Waals surface area contributed by atoms with Gasteiger partial charge in [0.2, 0.25) is 11.4 Å². The van der Waals surface area contributed by atoms with E-state index in [-0.39, 0.29) is 5.56 Å². The van der Waals surface area contributed by atoms with Gasteiger partial charge in [0.15, 0.2) is 0 Å². The molecule has 2 aromatic heterocycles. The smallest absolute Gasteiger partial charge is 0.249 e. The second-order valence-corrected chi connectivity index (χ2v) is 8.28. The summed E-state index contributed by atoms with van der Waals surface area (Å²) in [4.78, 5) is 23.5. The van der Waals surface area contributed by atoms with Crippen LogP contribution < -0.4 is 15.2 Å². The van der Waals surface area contributed by atoms with E-state index in [0.717, 1.165) is 62.4 Å². The van der Waals surface area contributed by atoms with E-state index in [1.165, 1.54) is 17.3 Å². The average Bonchev–Trinajstić information content (AvgIpc) is 2.79. The molecule has 0 saturated carbocycles. The fourth-order valence-electron chi connectivity index (χ4n) is 4.00. The van der Waals surface area contributed by atoms with Gasteiger partial charge in [0.1, 0.15) is 5.65 Å². The van der Waals surface area contributed by atoms with Crippen LogP contribution in [0.15, 0.2) is 47.3 Å². The number of nitrogens with zero attached hydrogens (tertiary/aromatic N) is 3. The molecule has 7 heteroatoms. The molecule has 0 amide bonds. The number of halogens is 1. The number of anilines is 1. The highest BCUT2D eigenvalue weighted by Crippen LogP contribution is 2.30. The number of H-pyrrole nitrogens is 1. The van der Waals surface area contributed by atoms with Gasteiger partial charge in [-0.05, 0) is 49.6 Å². The highest BCUT2D eigenvalue weighted by Gasteiger charge is 2.19. The quantitative estimate of drug-likeness (QED) is 0.534. The van der Waals surface area contributed by atoms with Crippen LogP contribution in [0.25, 0.3) is 11.0 Å². The van der Waals surface area contributed by atoms with Crippen molar-refractivity contribution in [2.45, 2.75) is 26.2 Å². The van der Waals surface area contributed by atoms with Gasteiger partial charge in [-0.2, -0.15) is 4.98 Å². The van der Waals surface area contributed by atoms with E-state index in [2.05, 4.69) is 44.9 Å². The lowest BCUT2D eigenvalue weighted by atomic mass is 10.1. The predicted octanol–water partition coefficient (Wildman–Crippen LogP) is 4.12. The topological polar surface area (TPSA) is 61.5 Å². The number of aromatic nitrogens is 2. The molecule has 1 aliphatic rings. The van der Waals surface area contributed by atoms with Crippen LogP contribution in [0, 0.1) is 0 Å². The van der Waals surface area contributed by atoms with E-state index in [1.807, 2.05) is 12.1 Å². The molecule has 4 rings (SSSR count). The maximum atomic E-state index is 11.4. The number of unbranched alkanes of at least 4 members (excludes halogenated alkanes) is 1. The fraction of sp³-hybridized carbons (Fsp3) is 0.417. The van der Waals surface area contributed by atoms with Crippen molar-refractivity contribution in [2.75, 3.05) is 44.2 Å². The SMILES string of the molecule is CCc1cccc(N2CCN(CCCCOc3ccc4ccc(=O)[nH]c4n3)CC2)c1Cl. The summed E-state index contributed by atoms with van der Waals surface area (Å²) in [5, 5.41) is 1.80. The fourth-order valence-corrected chi connectivity index (χ4v) is 4.38. The Balaban J connectivity index is 1.18. The van der Waals surface area contributed by atoms with Crippen molar-refractivity contribution in [3.63, 3.8) is 0 Å². The van der Waals surface area contributed by atoms with Gasteiger partial charge in [-0.25, -0.2) is 0 Å². The number of hydrogen-bond acceptors (Lipinski definition) is 5. The van der Waals surface area contributed by atoms with Crippen molar-refractivity contribution in [1.29, 1.82) is 0 Å². The number of piperazine rings is 1. The van der Waals surface area contributed by atoms with Crippen molar-refractivity contribution in [3.8, 4) is 5.88 Å². The van der Waals surface area contributed by atoms with Crippen molar-refractivity contribution in [3.05, 3.63) is 63.4 Å². The largest absolute Gasteiger partial charge is 0.478 e. The number of pyridine rings is 2. The highest BCUT2D eigenvalue weighted by molar-refractivity contribution is 6.34. The van der Waals surface area contributed by atoms with Gasteiger partial charge in [0.05, 0.1) is 17.3 Å². The Morgan fingerprint density at radius 3 is 2.68 bits per heavy atom. The standard InChI is InChI=1S/C24H29ClN4O2/c1-2-18-6-5-7-20(23(18)25)29-15-13-28(14-16-29)12-3-4-17-31-22-11-9-19-8-10-21(30)26-24(19)27-22/h5-11H,2-4,12-17H2,1H3,(H,26,27,30). The van der Waals surface area contributed by atoms with Crippen molar-refractivity contribution < 1.29 is 4.74 Å². The molecule has 0 bridgehead atoms. The lowest BCUT2D eigenvalue weighted by Gasteiger charge is -2.36. The minimum atomic E-state index is -0.155. The van der Waals surface area contributed by atoms with Crippen LogP contribution in [0.1, 0.15) is 25.3 Å². The third-order valence-corrected chi connectivity index (χ3v) is 6.26. The van der Waals surface area contributed by atoms with E-state index in [4.69, 9.17) is 16.3 Å². The van der Waals surface area contributed by atoms with Crippen LogP contribution in [-0.4, -0.2) is 54.2 Å². The number of benzene rings is 1. The Hall–Kier alpha value is -2.57. The lowest BCUT2D eigenvalue weighted by molar-refractivity contribution is 0.237. The Morgan fingerprint density at radius 1 is 1.06 bits per heavy atom. The molecule has 1 aromatic carbocycles.